The fourth-order valence-corrected chi connectivity index (χ4v) is 2.68. The fraction of sp³-hybridized carbons (Fsp3) is 0.500. The third kappa shape index (κ3) is 5.35. The molecule has 0 aliphatic carbocycles. The van der Waals surface area contributed by atoms with Crippen molar-refractivity contribution >= 4 is 0 Å². The molecule has 21 heavy (non-hydrogen) atoms. The Hall–Kier alpha value is -1.61. The van der Waals surface area contributed by atoms with Gasteiger partial charge in [0.1, 0.15) is 0 Å². The smallest absolute Gasteiger partial charge is 0.0946 e. The van der Waals surface area contributed by atoms with Crippen LogP contribution in [-0.4, -0.2) is 15.6 Å². The van der Waals surface area contributed by atoms with Gasteiger partial charge in [0.2, 0.25) is 0 Å². The van der Waals surface area contributed by atoms with Crippen molar-refractivity contribution in [2.24, 2.45) is 5.41 Å². The lowest BCUT2D eigenvalue weighted by Crippen LogP contribution is -2.35. The van der Waals surface area contributed by atoms with E-state index in [0.29, 0.717) is 17.5 Å². The van der Waals surface area contributed by atoms with Crippen LogP contribution in [0.25, 0.3) is 0 Å². The van der Waals surface area contributed by atoms with Crippen molar-refractivity contribution in [1.82, 2.24) is 14.9 Å². The minimum atomic E-state index is 0.294. The number of hydrogen-bond acceptors (Lipinski definition) is 2. The first-order valence-corrected chi connectivity index (χ1v) is 7.71. The monoisotopic (exact) mass is 285 g/mol. The Morgan fingerprint density at radius 1 is 1.19 bits per heavy atom. The molecule has 1 aromatic carbocycles. The number of benzene rings is 1. The van der Waals surface area contributed by atoms with E-state index in [-0.39, 0.29) is 0 Å². The molecule has 3 heteroatoms. The maximum Gasteiger partial charge on any atom is 0.0946 e. The van der Waals surface area contributed by atoms with Gasteiger partial charge in [0, 0.05) is 31.0 Å². The Kier molecular flexibility index (Phi) is 5.18. The second kappa shape index (κ2) is 6.90. The fourth-order valence-electron chi connectivity index (χ4n) is 2.68. The van der Waals surface area contributed by atoms with E-state index in [0.717, 1.165) is 13.0 Å². The molecule has 0 radical (unpaired) electrons. The lowest BCUT2D eigenvalue weighted by Gasteiger charge is -2.30. The van der Waals surface area contributed by atoms with E-state index < -0.39 is 0 Å². The highest BCUT2D eigenvalue weighted by molar-refractivity contribution is 5.19. The van der Waals surface area contributed by atoms with Gasteiger partial charge in [0.05, 0.1) is 6.33 Å². The van der Waals surface area contributed by atoms with Crippen molar-refractivity contribution in [3.8, 4) is 0 Å². The van der Waals surface area contributed by atoms with Crippen molar-refractivity contribution in [2.75, 3.05) is 0 Å². The van der Waals surface area contributed by atoms with Gasteiger partial charge in [-0.1, -0.05) is 51.1 Å². The molecule has 1 aromatic heterocycles. The molecule has 2 aromatic rings. The van der Waals surface area contributed by atoms with E-state index in [1.165, 1.54) is 5.56 Å². The van der Waals surface area contributed by atoms with Gasteiger partial charge in [-0.2, -0.15) is 0 Å². The summed E-state index contributed by atoms with van der Waals surface area (Å²) in [6.07, 6.45) is 6.83. The molecule has 0 amide bonds. The van der Waals surface area contributed by atoms with Crippen LogP contribution in [0.4, 0.5) is 0 Å². The lowest BCUT2D eigenvalue weighted by atomic mass is 9.85. The predicted molar refractivity (Wildman–Crippen MR) is 88.1 cm³/mol. The molecule has 0 bridgehead atoms. The molecule has 0 aliphatic rings. The number of nitrogens with one attached hydrogen (secondary N) is 1. The molecule has 1 N–H and O–H groups in total. The van der Waals surface area contributed by atoms with Gasteiger partial charge in [0.15, 0.2) is 0 Å². The Morgan fingerprint density at radius 3 is 2.48 bits per heavy atom. The van der Waals surface area contributed by atoms with Crippen LogP contribution in [-0.2, 0) is 6.54 Å². The molecule has 3 nitrogen and oxygen atoms in total. The second-order valence-electron chi connectivity index (χ2n) is 7.06. The summed E-state index contributed by atoms with van der Waals surface area (Å²) in [4.78, 5) is 4.11. The van der Waals surface area contributed by atoms with Crippen molar-refractivity contribution in [3.05, 3.63) is 54.6 Å². The van der Waals surface area contributed by atoms with E-state index in [4.69, 9.17) is 0 Å². The molecule has 0 spiro atoms. The summed E-state index contributed by atoms with van der Waals surface area (Å²) in [6, 6.07) is 11.5. The van der Waals surface area contributed by atoms with Gasteiger partial charge in [-0.05, 0) is 24.3 Å². The topological polar surface area (TPSA) is 29.9 Å². The van der Waals surface area contributed by atoms with Crippen LogP contribution in [0.2, 0.25) is 0 Å². The first kappa shape index (κ1) is 15.8. The summed E-state index contributed by atoms with van der Waals surface area (Å²) in [7, 11) is 0. The third-order valence-electron chi connectivity index (χ3n) is 3.55. The molecule has 0 aliphatic heterocycles. The van der Waals surface area contributed by atoms with Crippen LogP contribution in [0, 0.1) is 5.41 Å². The number of hydrogen-bond donors (Lipinski definition) is 1. The number of rotatable bonds is 6. The van der Waals surface area contributed by atoms with Crippen molar-refractivity contribution < 1.29 is 0 Å². The highest BCUT2D eigenvalue weighted by Crippen LogP contribution is 2.29. The average Bonchev–Trinajstić information content (AvgIpc) is 2.90. The molecule has 114 valence electrons. The largest absolute Gasteiger partial charge is 0.336 e. The molecule has 2 unspecified atom stereocenters. The van der Waals surface area contributed by atoms with Crippen molar-refractivity contribution in [3.63, 3.8) is 0 Å². The minimum Gasteiger partial charge on any atom is -0.336 e. The molecule has 0 saturated carbocycles. The predicted octanol–water partition coefficient (Wildman–Crippen LogP) is 4.04. The molecular weight excluding hydrogens is 258 g/mol. The number of aromatic nitrogens is 2. The zero-order valence-electron chi connectivity index (χ0n) is 13.6. The van der Waals surface area contributed by atoms with E-state index in [2.05, 4.69) is 72.9 Å². The van der Waals surface area contributed by atoms with Crippen LogP contribution in [0.1, 0.15) is 45.7 Å². The second-order valence-corrected chi connectivity index (χ2v) is 7.06. The van der Waals surface area contributed by atoms with E-state index in [9.17, 15) is 0 Å². The standard InChI is InChI=1S/C18H27N3/c1-15(13-21-11-10-19-14-21)20-17(12-18(2,3)4)16-8-6-5-7-9-16/h5-11,14-15,17,20H,12-13H2,1-4H3. The summed E-state index contributed by atoms with van der Waals surface area (Å²) < 4.78 is 2.12. The van der Waals surface area contributed by atoms with Crippen LogP contribution in [0.5, 0.6) is 0 Å². The molecule has 0 fully saturated rings. The van der Waals surface area contributed by atoms with E-state index in [1.807, 2.05) is 18.7 Å². The van der Waals surface area contributed by atoms with Gasteiger partial charge in [-0.25, -0.2) is 4.98 Å². The average molecular weight is 285 g/mol. The molecule has 0 saturated heterocycles. The van der Waals surface area contributed by atoms with Gasteiger partial charge in [-0.3, -0.25) is 0 Å². The minimum absolute atomic E-state index is 0.294. The maximum absolute atomic E-state index is 4.11. The van der Waals surface area contributed by atoms with Gasteiger partial charge >= 0.3 is 0 Å². The Bertz CT molecular complexity index is 511. The summed E-state index contributed by atoms with van der Waals surface area (Å²) in [5, 5.41) is 3.78. The quantitative estimate of drug-likeness (QED) is 0.868. The SMILES string of the molecule is CC(Cn1ccnc1)NC(CC(C)(C)C)c1ccccc1. The molecule has 2 atom stereocenters. The first-order valence-electron chi connectivity index (χ1n) is 7.71. The highest BCUT2D eigenvalue weighted by atomic mass is 15.1. The first-order chi connectivity index (χ1) is 9.94. The Morgan fingerprint density at radius 2 is 1.90 bits per heavy atom. The highest BCUT2D eigenvalue weighted by Gasteiger charge is 2.21. The van der Waals surface area contributed by atoms with Crippen LogP contribution >= 0.6 is 0 Å². The van der Waals surface area contributed by atoms with Crippen LogP contribution < -0.4 is 5.32 Å². The molecular formula is C18H27N3. The van der Waals surface area contributed by atoms with Crippen LogP contribution in [0.15, 0.2) is 49.1 Å². The number of imidazole rings is 1. The van der Waals surface area contributed by atoms with Gasteiger partial charge in [0.25, 0.3) is 0 Å². The maximum atomic E-state index is 4.11. The Balaban J connectivity index is 2.05. The summed E-state index contributed by atoms with van der Waals surface area (Å²) in [6.45, 7) is 10.1. The summed E-state index contributed by atoms with van der Waals surface area (Å²) >= 11 is 0. The molecule has 1 heterocycles. The Labute approximate surface area is 128 Å². The normalized spacial score (nSPS) is 14.9. The van der Waals surface area contributed by atoms with Gasteiger partial charge < -0.3 is 9.88 Å². The van der Waals surface area contributed by atoms with E-state index >= 15 is 0 Å². The van der Waals surface area contributed by atoms with Crippen LogP contribution in [0.3, 0.4) is 0 Å². The summed E-state index contributed by atoms with van der Waals surface area (Å²) in [5.74, 6) is 0. The van der Waals surface area contributed by atoms with E-state index in [1.54, 1.807) is 0 Å². The van der Waals surface area contributed by atoms with Gasteiger partial charge in [-0.15, -0.1) is 0 Å². The van der Waals surface area contributed by atoms with Crippen molar-refractivity contribution in [1.29, 1.82) is 0 Å². The zero-order chi connectivity index (χ0) is 15.3. The van der Waals surface area contributed by atoms with Crippen molar-refractivity contribution in [2.45, 2.75) is 52.7 Å². The lowest BCUT2D eigenvalue weighted by molar-refractivity contribution is 0.289. The number of nitrogens with zero attached hydrogens (tertiary/aromatic N) is 2. The summed E-state index contributed by atoms with van der Waals surface area (Å²) in [5.41, 5.74) is 1.66. The zero-order valence-corrected chi connectivity index (χ0v) is 13.6. The molecule has 2 rings (SSSR count). The third-order valence-corrected chi connectivity index (χ3v) is 3.55.